The molecule has 0 spiro atoms. The molecule has 0 radical (unpaired) electrons. The maximum absolute atomic E-state index is 13.4. The van der Waals surface area contributed by atoms with Crippen LogP contribution in [0.5, 0.6) is 0 Å². The van der Waals surface area contributed by atoms with Gasteiger partial charge in [0.1, 0.15) is 0 Å². The van der Waals surface area contributed by atoms with E-state index in [1.165, 1.54) is 19.2 Å². The molecule has 1 N–H and O–H groups in total. The minimum atomic E-state index is -4.80. The molecular formula is C20H19F3N2O3S. The zero-order chi connectivity index (χ0) is 21.6. The number of anilines is 1. The molecule has 0 bridgehead atoms. The Balaban J connectivity index is 2.09. The van der Waals surface area contributed by atoms with Gasteiger partial charge in [0.2, 0.25) is 0 Å². The molecule has 9 heteroatoms. The summed E-state index contributed by atoms with van der Waals surface area (Å²) in [6.07, 6.45) is -4.80. The Morgan fingerprint density at radius 2 is 1.62 bits per heavy atom. The van der Waals surface area contributed by atoms with E-state index < -0.39 is 27.3 Å². The van der Waals surface area contributed by atoms with Gasteiger partial charge in [-0.3, -0.25) is 9.52 Å². The molecule has 3 aromatic rings. The van der Waals surface area contributed by atoms with Gasteiger partial charge in [0, 0.05) is 24.2 Å². The Morgan fingerprint density at radius 3 is 2.17 bits per heavy atom. The number of aryl methyl sites for hydroxylation is 1. The van der Waals surface area contributed by atoms with Crippen molar-refractivity contribution < 1.29 is 21.6 Å². The average Bonchev–Trinajstić information content (AvgIpc) is 2.63. The van der Waals surface area contributed by atoms with Crippen molar-refractivity contribution in [3.8, 4) is 0 Å². The van der Waals surface area contributed by atoms with Crippen LogP contribution in [-0.4, -0.2) is 13.0 Å². The number of fused-ring (bicyclic) bond motifs is 1. The lowest BCUT2D eigenvalue weighted by molar-refractivity contribution is -0.136. The van der Waals surface area contributed by atoms with Crippen LogP contribution >= 0.6 is 0 Å². The molecule has 2 aromatic carbocycles. The zero-order valence-electron chi connectivity index (χ0n) is 15.9. The lowest BCUT2D eigenvalue weighted by Gasteiger charge is -2.15. The summed E-state index contributed by atoms with van der Waals surface area (Å²) in [6.45, 7) is 4.00. The summed E-state index contributed by atoms with van der Waals surface area (Å²) in [5.41, 5.74) is -0.691. The number of hydrogen-bond donors (Lipinski definition) is 1. The first-order chi connectivity index (χ1) is 13.4. The highest BCUT2D eigenvalue weighted by atomic mass is 32.2. The number of halogens is 3. The fraction of sp³-hybridized carbons (Fsp3) is 0.250. The van der Waals surface area contributed by atoms with E-state index in [1.807, 2.05) is 13.8 Å². The van der Waals surface area contributed by atoms with E-state index in [1.54, 1.807) is 24.3 Å². The zero-order valence-corrected chi connectivity index (χ0v) is 16.7. The van der Waals surface area contributed by atoms with Crippen molar-refractivity contribution in [2.24, 2.45) is 7.05 Å². The van der Waals surface area contributed by atoms with Crippen molar-refractivity contribution in [3.05, 3.63) is 70.0 Å². The van der Waals surface area contributed by atoms with Crippen molar-refractivity contribution in [2.45, 2.75) is 30.8 Å². The number of pyridine rings is 1. The first kappa shape index (κ1) is 20.9. The molecule has 0 unspecified atom stereocenters. The Morgan fingerprint density at radius 1 is 1.00 bits per heavy atom. The maximum Gasteiger partial charge on any atom is 0.417 e. The van der Waals surface area contributed by atoms with Crippen LogP contribution in [0.4, 0.5) is 18.9 Å². The maximum atomic E-state index is 13.4. The van der Waals surface area contributed by atoms with Crippen LogP contribution in [0.2, 0.25) is 0 Å². The number of nitrogens with zero attached hydrogens (tertiary/aromatic N) is 1. The minimum Gasteiger partial charge on any atom is -0.311 e. The first-order valence-electron chi connectivity index (χ1n) is 8.74. The first-order valence-corrected chi connectivity index (χ1v) is 10.2. The molecule has 0 fully saturated rings. The SMILES string of the molecule is CC(C)c1ccc(NS(=O)(=O)c2ccc3c(c2)c(C(F)(F)F)cc(=O)n3C)cc1. The van der Waals surface area contributed by atoms with Gasteiger partial charge in [0.05, 0.1) is 16.0 Å². The third kappa shape index (κ3) is 4.14. The summed E-state index contributed by atoms with van der Waals surface area (Å²) in [6, 6.07) is 10.5. The van der Waals surface area contributed by atoms with Gasteiger partial charge in [-0.15, -0.1) is 0 Å². The van der Waals surface area contributed by atoms with Crippen molar-refractivity contribution in [3.63, 3.8) is 0 Å². The summed E-state index contributed by atoms with van der Waals surface area (Å²) < 4.78 is 69.0. The molecule has 1 heterocycles. The van der Waals surface area contributed by atoms with Crippen LogP contribution in [-0.2, 0) is 23.2 Å². The Kier molecular flexibility index (Phi) is 5.20. The molecule has 0 saturated carbocycles. The summed E-state index contributed by atoms with van der Waals surface area (Å²) in [5.74, 6) is 0.272. The van der Waals surface area contributed by atoms with Crippen LogP contribution in [0.1, 0.15) is 30.9 Å². The lowest BCUT2D eigenvalue weighted by atomic mass is 10.0. The van der Waals surface area contributed by atoms with Crippen LogP contribution in [0.25, 0.3) is 10.9 Å². The van der Waals surface area contributed by atoms with Gasteiger partial charge in [-0.25, -0.2) is 8.42 Å². The highest BCUT2D eigenvalue weighted by Crippen LogP contribution is 2.34. The number of sulfonamides is 1. The highest BCUT2D eigenvalue weighted by Gasteiger charge is 2.34. The Hall–Kier alpha value is -2.81. The van der Waals surface area contributed by atoms with Gasteiger partial charge < -0.3 is 4.57 Å². The molecule has 0 aliphatic carbocycles. The Bertz CT molecular complexity index is 1230. The van der Waals surface area contributed by atoms with Gasteiger partial charge in [-0.05, 0) is 41.8 Å². The van der Waals surface area contributed by atoms with E-state index in [0.29, 0.717) is 11.8 Å². The van der Waals surface area contributed by atoms with E-state index in [4.69, 9.17) is 0 Å². The number of nitrogens with one attached hydrogen (secondary N) is 1. The fourth-order valence-corrected chi connectivity index (χ4v) is 4.08. The summed E-state index contributed by atoms with van der Waals surface area (Å²) >= 11 is 0. The molecule has 0 aliphatic heterocycles. The van der Waals surface area contributed by atoms with E-state index in [-0.39, 0.29) is 21.7 Å². The average molecular weight is 424 g/mol. The van der Waals surface area contributed by atoms with Gasteiger partial charge in [-0.1, -0.05) is 26.0 Å². The monoisotopic (exact) mass is 424 g/mol. The molecule has 1 aromatic heterocycles. The van der Waals surface area contributed by atoms with Crippen molar-refractivity contribution >= 4 is 26.6 Å². The predicted molar refractivity (Wildman–Crippen MR) is 106 cm³/mol. The Labute approximate surface area is 165 Å². The minimum absolute atomic E-state index is 0.00920. The molecule has 29 heavy (non-hydrogen) atoms. The second kappa shape index (κ2) is 7.22. The number of benzene rings is 2. The van der Waals surface area contributed by atoms with Gasteiger partial charge >= 0.3 is 6.18 Å². The third-order valence-electron chi connectivity index (χ3n) is 4.66. The van der Waals surface area contributed by atoms with Crippen LogP contribution in [0.3, 0.4) is 0 Å². The largest absolute Gasteiger partial charge is 0.417 e. The quantitative estimate of drug-likeness (QED) is 0.671. The molecule has 0 aliphatic rings. The molecule has 3 rings (SSSR count). The van der Waals surface area contributed by atoms with Crippen molar-refractivity contribution in [1.82, 2.24) is 4.57 Å². The standard InChI is InChI=1S/C20H19F3N2O3S/c1-12(2)13-4-6-14(7-5-13)24-29(27,28)15-8-9-18-16(10-15)17(20(21,22)23)11-19(26)25(18)3/h4-12,24H,1-3H3. The summed E-state index contributed by atoms with van der Waals surface area (Å²) in [7, 11) is -2.80. The van der Waals surface area contributed by atoms with E-state index in [9.17, 15) is 26.4 Å². The molecular weight excluding hydrogens is 405 g/mol. The van der Waals surface area contributed by atoms with Gasteiger partial charge in [0.25, 0.3) is 15.6 Å². The van der Waals surface area contributed by atoms with E-state index in [0.717, 1.165) is 16.2 Å². The predicted octanol–water partition coefficient (Wildman–Crippen LogP) is 4.48. The van der Waals surface area contributed by atoms with E-state index in [2.05, 4.69) is 4.72 Å². The molecule has 0 saturated heterocycles. The molecule has 154 valence electrons. The number of aromatic nitrogens is 1. The molecule has 0 amide bonds. The van der Waals surface area contributed by atoms with Crippen molar-refractivity contribution in [2.75, 3.05) is 4.72 Å². The smallest absolute Gasteiger partial charge is 0.311 e. The van der Waals surface area contributed by atoms with E-state index >= 15 is 0 Å². The van der Waals surface area contributed by atoms with Gasteiger partial charge in [0.15, 0.2) is 0 Å². The topological polar surface area (TPSA) is 68.2 Å². The van der Waals surface area contributed by atoms with Crippen LogP contribution in [0.15, 0.2) is 58.2 Å². The number of hydrogen-bond acceptors (Lipinski definition) is 3. The van der Waals surface area contributed by atoms with Gasteiger partial charge in [-0.2, -0.15) is 13.2 Å². The summed E-state index contributed by atoms with van der Waals surface area (Å²) in [5, 5.41) is -0.363. The van der Waals surface area contributed by atoms with Crippen LogP contribution in [0, 0.1) is 0 Å². The third-order valence-corrected chi connectivity index (χ3v) is 6.04. The highest BCUT2D eigenvalue weighted by molar-refractivity contribution is 7.92. The lowest BCUT2D eigenvalue weighted by Crippen LogP contribution is -2.21. The van der Waals surface area contributed by atoms with Crippen molar-refractivity contribution in [1.29, 1.82) is 0 Å². The second-order valence-electron chi connectivity index (χ2n) is 7.01. The second-order valence-corrected chi connectivity index (χ2v) is 8.70. The summed E-state index contributed by atoms with van der Waals surface area (Å²) in [4.78, 5) is 11.5. The van der Waals surface area contributed by atoms with Crippen LogP contribution < -0.4 is 10.3 Å². The molecule has 0 atom stereocenters. The number of alkyl halides is 3. The number of rotatable bonds is 4. The fourth-order valence-electron chi connectivity index (χ4n) is 2.99. The molecule has 5 nitrogen and oxygen atoms in total. The normalized spacial score (nSPS) is 12.5.